The SMILES string of the molecule is COc1ccc(CCNC(=O)CSc2nc3ccccc3c(=O)n2NC(=O)Cc2ccccc2)cc1OC. The predicted molar refractivity (Wildman–Crippen MR) is 148 cm³/mol. The number of para-hydroxylation sites is 1. The molecule has 1 heterocycles. The second-order valence-corrected chi connectivity index (χ2v) is 9.27. The maximum atomic E-state index is 13.2. The minimum Gasteiger partial charge on any atom is -0.493 e. The van der Waals surface area contributed by atoms with E-state index in [1.807, 2.05) is 48.5 Å². The quantitative estimate of drug-likeness (QED) is 0.225. The zero-order valence-corrected chi connectivity index (χ0v) is 21.9. The van der Waals surface area contributed by atoms with Gasteiger partial charge in [-0.25, -0.2) is 4.98 Å². The minimum atomic E-state index is -0.409. The lowest BCUT2D eigenvalue weighted by atomic mass is 10.1. The van der Waals surface area contributed by atoms with Gasteiger partial charge in [0.1, 0.15) is 0 Å². The van der Waals surface area contributed by atoms with Crippen molar-refractivity contribution in [1.29, 1.82) is 0 Å². The van der Waals surface area contributed by atoms with Crippen LogP contribution in [0.5, 0.6) is 11.5 Å². The second kappa shape index (κ2) is 12.8. The molecule has 0 unspecified atom stereocenters. The lowest BCUT2D eigenvalue weighted by Gasteiger charge is -2.14. The summed E-state index contributed by atoms with van der Waals surface area (Å²) >= 11 is 1.08. The number of hydrogen-bond donors (Lipinski definition) is 2. The molecule has 0 radical (unpaired) electrons. The van der Waals surface area contributed by atoms with Gasteiger partial charge in [0.05, 0.1) is 37.3 Å². The molecule has 0 fully saturated rings. The highest BCUT2D eigenvalue weighted by Gasteiger charge is 2.16. The van der Waals surface area contributed by atoms with E-state index >= 15 is 0 Å². The summed E-state index contributed by atoms with van der Waals surface area (Å²) < 4.78 is 11.7. The van der Waals surface area contributed by atoms with Gasteiger partial charge in [0, 0.05) is 6.54 Å². The molecular formula is C28H28N4O5S. The van der Waals surface area contributed by atoms with Crippen molar-refractivity contribution < 1.29 is 19.1 Å². The summed E-state index contributed by atoms with van der Waals surface area (Å²) in [5.74, 6) is 0.699. The Hall–Kier alpha value is -4.31. The highest BCUT2D eigenvalue weighted by molar-refractivity contribution is 7.99. The maximum absolute atomic E-state index is 13.2. The first-order valence-electron chi connectivity index (χ1n) is 11.9. The topological polar surface area (TPSA) is 112 Å². The van der Waals surface area contributed by atoms with Crippen LogP contribution in [0.15, 0.2) is 82.7 Å². The number of carbonyl (C=O) groups is 2. The standard InChI is InChI=1S/C28H28N4O5S/c1-36-23-13-12-20(16-24(23)37-2)14-15-29-26(34)18-38-28-30-22-11-7-6-10-21(22)27(35)32(28)31-25(33)17-19-8-4-3-5-9-19/h3-13,16H,14-15,17-18H2,1-2H3,(H,29,34)(H,31,33). The fourth-order valence-electron chi connectivity index (χ4n) is 3.82. The van der Waals surface area contributed by atoms with Crippen molar-refractivity contribution in [1.82, 2.24) is 15.0 Å². The summed E-state index contributed by atoms with van der Waals surface area (Å²) in [6.45, 7) is 0.417. The van der Waals surface area contributed by atoms with Crippen LogP contribution in [-0.4, -0.2) is 48.0 Å². The molecular weight excluding hydrogens is 504 g/mol. The van der Waals surface area contributed by atoms with E-state index in [0.29, 0.717) is 35.4 Å². The highest BCUT2D eigenvalue weighted by atomic mass is 32.2. The number of thioether (sulfide) groups is 1. The molecule has 0 saturated carbocycles. The normalized spacial score (nSPS) is 10.7. The smallest absolute Gasteiger partial charge is 0.281 e. The van der Waals surface area contributed by atoms with Gasteiger partial charge >= 0.3 is 0 Å². The van der Waals surface area contributed by atoms with Crippen LogP contribution < -0.4 is 25.8 Å². The van der Waals surface area contributed by atoms with Crippen molar-refractivity contribution in [2.45, 2.75) is 18.0 Å². The van der Waals surface area contributed by atoms with E-state index in [-0.39, 0.29) is 29.1 Å². The molecule has 2 N–H and O–H groups in total. The highest BCUT2D eigenvalue weighted by Crippen LogP contribution is 2.27. The summed E-state index contributed by atoms with van der Waals surface area (Å²) in [5.41, 5.74) is 4.54. The van der Waals surface area contributed by atoms with Crippen molar-refractivity contribution in [2.24, 2.45) is 0 Å². The first-order chi connectivity index (χ1) is 18.5. The Bertz CT molecular complexity index is 1490. The van der Waals surface area contributed by atoms with Crippen LogP contribution in [0.1, 0.15) is 11.1 Å². The van der Waals surface area contributed by atoms with Gasteiger partial charge in [0.15, 0.2) is 16.7 Å². The Balaban J connectivity index is 1.42. The van der Waals surface area contributed by atoms with E-state index in [4.69, 9.17) is 9.47 Å². The molecule has 0 bridgehead atoms. The van der Waals surface area contributed by atoms with Crippen molar-refractivity contribution >= 4 is 34.5 Å². The zero-order valence-electron chi connectivity index (χ0n) is 21.1. The number of benzene rings is 3. The number of methoxy groups -OCH3 is 2. The minimum absolute atomic E-state index is 0.0191. The molecule has 9 nitrogen and oxygen atoms in total. The predicted octanol–water partition coefficient (Wildman–Crippen LogP) is 3.18. The fraction of sp³-hybridized carbons (Fsp3) is 0.214. The fourth-order valence-corrected chi connectivity index (χ4v) is 4.60. The zero-order chi connectivity index (χ0) is 26.9. The Labute approximate surface area is 224 Å². The summed E-state index contributed by atoms with van der Waals surface area (Å²) in [6, 6.07) is 21.7. The van der Waals surface area contributed by atoms with E-state index in [1.54, 1.807) is 38.5 Å². The molecule has 1 aromatic heterocycles. The van der Waals surface area contributed by atoms with Gasteiger partial charge in [0.25, 0.3) is 5.56 Å². The van der Waals surface area contributed by atoms with Crippen LogP contribution in [0, 0.1) is 0 Å². The van der Waals surface area contributed by atoms with E-state index < -0.39 is 5.56 Å². The van der Waals surface area contributed by atoms with Gasteiger partial charge in [0.2, 0.25) is 11.8 Å². The second-order valence-electron chi connectivity index (χ2n) is 8.33. The molecule has 0 spiro atoms. The molecule has 4 aromatic rings. The lowest BCUT2D eigenvalue weighted by Crippen LogP contribution is -2.36. The van der Waals surface area contributed by atoms with E-state index in [9.17, 15) is 14.4 Å². The number of nitrogens with one attached hydrogen (secondary N) is 2. The number of rotatable bonds is 11. The number of amides is 2. The molecule has 0 atom stereocenters. The van der Waals surface area contributed by atoms with E-state index in [1.165, 1.54) is 0 Å². The molecule has 4 rings (SSSR count). The third-order valence-electron chi connectivity index (χ3n) is 5.71. The van der Waals surface area contributed by atoms with Gasteiger partial charge in [-0.1, -0.05) is 60.3 Å². The molecule has 0 aliphatic rings. The maximum Gasteiger partial charge on any atom is 0.281 e. The van der Waals surface area contributed by atoms with Crippen molar-refractivity contribution in [2.75, 3.05) is 31.9 Å². The number of nitrogens with zero attached hydrogens (tertiary/aromatic N) is 2. The Kier molecular flexibility index (Phi) is 8.99. The van der Waals surface area contributed by atoms with Gasteiger partial charge in [-0.3, -0.25) is 19.8 Å². The number of fused-ring (bicyclic) bond motifs is 1. The van der Waals surface area contributed by atoms with Crippen LogP contribution in [-0.2, 0) is 22.4 Å². The largest absolute Gasteiger partial charge is 0.493 e. The molecule has 0 saturated heterocycles. The van der Waals surface area contributed by atoms with Crippen molar-refractivity contribution in [3.63, 3.8) is 0 Å². The number of hydrogen-bond acceptors (Lipinski definition) is 7. The molecule has 10 heteroatoms. The van der Waals surface area contributed by atoms with Crippen molar-refractivity contribution in [3.05, 3.63) is 94.3 Å². The Morgan fingerprint density at radius 3 is 2.39 bits per heavy atom. The number of carbonyl (C=O) groups excluding carboxylic acids is 2. The molecule has 3 aromatic carbocycles. The Morgan fingerprint density at radius 1 is 0.895 bits per heavy atom. The molecule has 38 heavy (non-hydrogen) atoms. The first-order valence-corrected chi connectivity index (χ1v) is 12.9. The van der Waals surface area contributed by atoms with Gasteiger partial charge in [-0.05, 0) is 41.8 Å². The number of ether oxygens (including phenoxy) is 2. The molecule has 0 aliphatic carbocycles. The third kappa shape index (κ3) is 6.71. The van der Waals surface area contributed by atoms with Gasteiger partial charge < -0.3 is 14.8 Å². The van der Waals surface area contributed by atoms with Crippen LogP contribution >= 0.6 is 11.8 Å². The summed E-state index contributed by atoms with van der Waals surface area (Å²) in [6.07, 6.45) is 0.700. The summed E-state index contributed by atoms with van der Waals surface area (Å²) in [7, 11) is 3.15. The van der Waals surface area contributed by atoms with Crippen LogP contribution in [0.2, 0.25) is 0 Å². The van der Waals surface area contributed by atoms with Gasteiger partial charge in [-0.15, -0.1) is 0 Å². The molecule has 196 valence electrons. The lowest BCUT2D eigenvalue weighted by molar-refractivity contribution is -0.118. The van der Waals surface area contributed by atoms with Crippen LogP contribution in [0.25, 0.3) is 10.9 Å². The average Bonchev–Trinajstić information content (AvgIpc) is 2.94. The molecule has 0 aliphatic heterocycles. The van der Waals surface area contributed by atoms with Crippen LogP contribution in [0.4, 0.5) is 0 Å². The van der Waals surface area contributed by atoms with Crippen LogP contribution in [0.3, 0.4) is 0 Å². The van der Waals surface area contributed by atoms with E-state index in [2.05, 4.69) is 15.7 Å². The van der Waals surface area contributed by atoms with E-state index in [0.717, 1.165) is 27.6 Å². The summed E-state index contributed by atoms with van der Waals surface area (Å²) in [4.78, 5) is 43.0. The Morgan fingerprint density at radius 2 is 1.63 bits per heavy atom. The monoisotopic (exact) mass is 532 g/mol. The van der Waals surface area contributed by atoms with Crippen molar-refractivity contribution in [3.8, 4) is 11.5 Å². The number of aromatic nitrogens is 2. The van der Waals surface area contributed by atoms with Gasteiger partial charge in [-0.2, -0.15) is 4.68 Å². The third-order valence-corrected chi connectivity index (χ3v) is 6.64. The average molecular weight is 533 g/mol. The first kappa shape index (κ1) is 26.7. The summed E-state index contributed by atoms with van der Waals surface area (Å²) in [5, 5.41) is 3.48. The molecule has 2 amide bonds.